The highest BCUT2D eigenvalue weighted by molar-refractivity contribution is 7.99. The number of rotatable bonds is 5. The molecule has 1 amide bonds. The van der Waals surface area contributed by atoms with E-state index in [1.807, 2.05) is 30.3 Å². The molecule has 2 aromatic rings. The standard InChI is InChI=1S/C15H13ClFNOS/c16-12-6-7-13(17)14(8-12)18-15(19)10-20-9-11-4-2-1-3-5-11/h1-8H,9-10H2,(H,18,19). The molecule has 0 spiro atoms. The Morgan fingerprint density at radius 3 is 2.70 bits per heavy atom. The average Bonchev–Trinajstić information content (AvgIpc) is 2.44. The van der Waals surface area contributed by atoms with Crippen LogP contribution in [0.15, 0.2) is 48.5 Å². The van der Waals surface area contributed by atoms with Crippen LogP contribution in [0.1, 0.15) is 5.56 Å². The number of benzene rings is 2. The number of carbonyl (C=O) groups is 1. The molecular formula is C15H13ClFNOS. The van der Waals surface area contributed by atoms with Crippen LogP contribution in [0.25, 0.3) is 0 Å². The Morgan fingerprint density at radius 2 is 1.95 bits per heavy atom. The molecule has 0 heterocycles. The Morgan fingerprint density at radius 1 is 1.20 bits per heavy atom. The summed E-state index contributed by atoms with van der Waals surface area (Å²) in [7, 11) is 0. The van der Waals surface area contributed by atoms with Crippen LogP contribution in [0.4, 0.5) is 10.1 Å². The molecule has 5 heteroatoms. The quantitative estimate of drug-likeness (QED) is 0.889. The third-order valence-electron chi connectivity index (χ3n) is 2.55. The largest absolute Gasteiger partial charge is 0.323 e. The summed E-state index contributed by atoms with van der Waals surface area (Å²) in [6, 6.07) is 13.9. The lowest BCUT2D eigenvalue weighted by atomic mass is 10.2. The van der Waals surface area contributed by atoms with Gasteiger partial charge in [0.15, 0.2) is 0 Å². The number of hydrogen-bond donors (Lipinski definition) is 1. The Bertz CT molecular complexity index is 592. The molecule has 0 saturated heterocycles. The zero-order chi connectivity index (χ0) is 14.4. The van der Waals surface area contributed by atoms with E-state index in [9.17, 15) is 9.18 Å². The van der Waals surface area contributed by atoms with E-state index in [1.165, 1.54) is 30.0 Å². The van der Waals surface area contributed by atoms with E-state index in [4.69, 9.17) is 11.6 Å². The smallest absolute Gasteiger partial charge is 0.234 e. The van der Waals surface area contributed by atoms with Crippen molar-refractivity contribution in [2.75, 3.05) is 11.1 Å². The van der Waals surface area contributed by atoms with E-state index in [2.05, 4.69) is 5.32 Å². The lowest BCUT2D eigenvalue weighted by Gasteiger charge is -2.07. The first-order chi connectivity index (χ1) is 9.65. The molecule has 0 bridgehead atoms. The molecule has 0 unspecified atom stereocenters. The SMILES string of the molecule is O=C(CSCc1ccccc1)Nc1cc(Cl)ccc1F. The minimum atomic E-state index is -0.490. The highest BCUT2D eigenvalue weighted by Gasteiger charge is 2.07. The predicted octanol–water partition coefficient (Wildman–Crippen LogP) is 4.35. The summed E-state index contributed by atoms with van der Waals surface area (Å²) in [5, 5.41) is 2.91. The first-order valence-corrected chi connectivity index (χ1v) is 7.55. The fraction of sp³-hybridized carbons (Fsp3) is 0.133. The van der Waals surface area contributed by atoms with Gasteiger partial charge in [0.2, 0.25) is 5.91 Å². The third-order valence-corrected chi connectivity index (χ3v) is 3.79. The maximum Gasteiger partial charge on any atom is 0.234 e. The van der Waals surface area contributed by atoms with E-state index >= 15 is 0 Å². The number of thioether (sulfide) groups is 1. The highest BCUT2D eigenvalue weighted by atomic mass is 35.5. The van der Waals surface area contributed by atoms with Crippen LogP contribution in [0, 0.1) is 5.82 Å². The summed E-state index contributed by atoms with van der Waals surface area (Å²) in [4.78, 5) is 11.7. The third kappa shape index (κ3) is 4.54. The average molecular weight is 310 g/mol. The minimum Gasteiger partial charge on any atom is -0.323 e. The van der Waals surface area contributed by atoms with Crippen molar-refractivity contribution in [2.24, 2.45) is 0 Å². The van der Waals surface area contributed by atoms with Gasteiger partial charge in [-0.1, -0.05) is 41.9 Å². The molecule has 2 nitrogen and oxygen atoms in total. The van der Waals surface area contributed by atoms with Crippen molar-refractivity contribution in [3.05, 3.63) is 64.9 Å². The molecule has 0 aliphatic rings. The molecule has 0 radical (unpaired) electrons. The van der Waals surface area contributed by atoms with Gasteiger partial charge in [-0.3, -0.25) is 4.79 Å². The first kappa shape index (κ1) is 14.9. The second-order valence-electron chi connectivity index (χ2n) is 4.15. The van der Waals surface area contributed by atoms with Crippen LogP contribution in [-0.2, 0) is 10.5 Å². The van der Waals surface area contributed by atoms with E-state index in [1.54, 1.807) is 0 Å². The van der Waals surface area contributed by atoms with E-state index in [-0.39, 0.29) is 17.3 Å². The van der Waals surface area contributed by atoms with Gasteiger partial charge in [-0.05, 0) is 23.8 Å². The molecule has 0 saturated carbocycles. The van der Waals surface area contributed by atoms with Gasteiger partial charge in [-0.15, -0.1) is 11.8 Å². The van der Waals surface area contributed by atoms with Crippen molar-refractivity contribution >= 4 is 35.0 Å². The molecule has 1 N–H and O–H groups in total. The van der Waals surface area contributed by atoms with Crippen molar-refractivity contribution in [3.63, 3.8) is 0 Å². The maximum absolute atomic E-state index is 13.4. The van der Waals surface area contributed by atoms with Gasteiger partial charge in [0.1, 0.15) is 5.82 Å². The summed E-state index contributed by atoms with van der Waals surface area (Å²) in [6.07, 6.45) is 0. The van der Waals surface area contributed by atoms with Crippen LogP contribution >= 0.6 is 23.4 Å². The summed E-state index contributed by atoms with van der Waals surface area (Å²) in [5.74, 6) is 0.274. The van der Waals surface area contributed by atoms with Crippen LogP contribution in [0.2, 0.25) is 5.02 Å². The van der Waals surface area contributed by atoms with Gasteiger partial charge in [0.05, 0.1) is 11.4 Å². The molecule has 0 aliphatic carbocycles. The molecule has 2 aromatic carbocycles. The Hall–Kier alpha value is -1.52. The van der Waals surface area contributed by atoms with Gasteiger partial charge in [-0.2, -0.15) is 0 Å². The Balaban J connectivity index is 1.82. The molecular weight excluding hydrogens is 297 g/mol. The van der Waals surface area contributed by atoms with E-state index < -0.39 is 5.82 Å². The highest BCUT2D eigenvalue weighted by Crippen LogP contribution is 2.20. The van der Waals surface area contributed by atoms with Gasteiger partial charge in [-0.25, -0.2) is 4.39 Å². The zero-order valence-electron chi connectivity index (χ0n) is 10.6. The Kier molecular flexibility index (Phi) is 5.44. The molecule has 20 heavy (non-hydrogen) atoms. The molecule has 0 atom stereocenters. The predicted molar refractivity (Wildman–Crippen MR) is 82.6 cm³/mol. The fourth-order valence-corrected chi connectivity index (χ4v) is 2.58. The molecule has 2 rings (SSSR count). The van der Waals surface area contributed by atoms with Crippen LogP contribution < -0.4 is 5.32 Å². The van der Waals surface area contributed by atoms with Crippen molar-refractivity contribution in [3.8, 4) is 0 Å². The van der Waals surface area contributed by atoms with Crippen molar-refractivity contribution in [1.29, 1.82) is 0 Å². The number of anilines is 1. The van der Waals surface area contributed by atoms with Gasteiger partial charge >= 0.3 is 0 Å². The molecule has 0 aromatic heterocycles. The fourth-order valence-electron chi connectivity index (χ4n) is 1.62. The minimum absolute atomic E-state index is 0.114. The van der Waals surface area contributed by atoms with Crippen LogP contribution in [-0.4, -0.2) is 11.7 Å². The summed E-state index contributed by atoms with van der Waals surface area (Å²) >= 11 is 7.24. The van der Waals surface area contributed by atoms with E-state index in [0.29, 0.717) is 5.02 Å². The van der Waals surface area contributed by atoms with Crippen LogP contribution in [0.5, 0.6) is 0 Å². The Labute approximate surface area is 126 Å². The topological polar surface area (TPSA) is 29.1 Å². The van der Waals surface area contributed by atoms with Crippen molar-refractivity contribution in [2.45, 2.75) is 5.75 Å². The second-order valence-corrected chi connectivity index (χ2v) is 5.57. The van der Waals surface area contributed by atoms with Crippen LogP contribution in [0.3, 0.4) is 0 Å². The second kappa shape index (κ2) is 7.31. The number of carbonyl (C=O) groups excluding carboxylic acids is 1. The lowest BCUT2D eigenvalue weighted by Crippen LogP contribution is -2.15. The van der Waals surface area contributed by atoms with Gasteiger partial charge < -0.3 is 5.32 Å². The monoisotopic (exact) mass is 309 g/mol. The van der Waals surface area contributed by atoms with Crippen molar-refractivity contribution in [1.82, 2.24) is 0 Å². The molecule has 0 fully saturated rings. The first-order valence-electron chi connectivity index (χ1n) is 6.02. The number of nitrogens with one attached hydrogen (secondary N) is 1. The lowest BCUT2D eigenvalue weighted by molar-refractivity contribution is -0.113. The van der Waals surface area contributed by atoms with E-state index in [0.717, 1.165) is 11.3 Å². The number of amides is 1. The summed E-state index contributed by atoms with van der Waals surface area (Å²) in [5.41, 5.74) is 1.27. The number of halogens is 2. The van der Waals surface area contributed by atoms with Crippen molar-refractivity contribution < 1.29 is 9.18 Å². The summed E-state index contributed by atoms with van der Waals surface area (Å²) in [6.45, 7) is 0. The zero-order valence-corrected chi connectivity index (χ0v) is 12.2. The molecule has 0 aliphatic heterocycles. The summed E-state index contributed by atoms with van der Waals surface area (Å²) < 4.78 is 13.4. The molecule has 104 valence electrons. The number of hydrogen-bond acceptors (Lipinski definition) is 2. The van der Waals surface area contributed by atoms with Gasteiger partial charge in [0.25, 0.3) is 0 Å². The van der Waals surface area contributed by atoms with Gasteiger partial charge in [0, 0.05) is 10.8 Å². The normalized spacial score (nSPS) is 10.3. The maximum atomic E-state index is 13.4.